The van der Waals surface area contributed by atoms with Crippen LogP contribution in [0.3, 0.4) is 0 Å². The van der Waals surface area contributed by atoms with Crippen LogP contribution in [0.25, 0.3) is 0 Å². The molecule has 2 aromatic rings. The number of piperidine rings is 1. The summed E-state index contributed by atoms with van der Waals surface area (Å²) < 4.78 is 49.4. The number of fused-ring (bicyclic) bond motifs is 1. The zero-order valence-electron chi connectivity index (χ0n) is 17.4. The van der Waals surface area contributed by atoms with E-state index in [4.69, 9.17) is 14.7 Å². The molecule has 0 aliphatic carbocycles. The Morgan fingerprint density at radius 1 is 1.21 bits per heavy atom. The molecule has 0 spiro atoms. The number of alkyl halides is 3. The van der Waals surface area contributed by atoms with Gasteiger partial charge < -0.3 is 19.7 Å². The molecule has 0 atom stereocenters. The Labute approximate surface area is 187 Å². The molecule has 0 aromatic heterocycles. The third kappa shape index (κ3) is 5.03. The maximum absolute atomic E-state index is 12.9. The molecule has 1 fully saturated rings. The summed E-state index contributed by atoms with van der Waals surface area (Å²) in [4.78, 5) is 26.1. The second-order valence-corrected chi connectivity index (χ2v) is 7.91. The van der Waals surface area contributed by atoms with Crippen molar-refractivity contribution in [1.82, 2.24) is 4.90 Å². The molecule has 0 unspecified atom stereocenters. The van der Waals surface area contributed by atoms with E-state index >= 15 is 0 Å². The van der Waals surface area contributed by atoms with Crippen LogP contribution in [-0.4, -0.2) is 43.0 Å². The molecule has 1 saturated heterocycles. The molecular weight excluding hydrogens is 439 g/mol. The first-order valence-electron chi connectivity index (χ1n) is 10.3. The van der Waals surface area contributed by atoms with Gasteiger partial charge in [-0.3, -0.25) is 9.59 Å². The Balaban J connectivity index is 1.32. The molecule has 10 heteroatoms. The van der Waals surface area contributed by atoms with Gasteiger partial charge in [0.2, 0.25) is 0 Å². The first kappa shape index (κ1) is 22.5. The smallest absolute Gasteiger partial charge is 0.416 e. The molecule has 2 aliphatic heterocycles. The molecule has 0 saturated carbocycles. The fourth-order valence-electron chi connectivity index (χ4n) is 3.83. The number of nitrogens with zero attached hydrogens (tertiary/aromatic N) is 2. The van der Waals surface area contributed by atoms with Crippen LogP contribution in [0.2, 0.25) is 0 Å². The predicted molar refractivity (Wildman–Crippen MR) is 111 cm³/mol. The van der Waals surface area contributed by atoms with Crippen molar-refractivity contribution in [3.63, 3.8) is 0 Å². The van der Waals surface area contributed by atoms with Crippen molar-refractivity contribution in [2.45, 2.75) is 19.0 Å². The maximum atomic E-state index is 12.9. The molecule has 2 heterocycles. The van der Waals surface area contributed by atoms with Crippen molar-refractivity contribution in [3.8, 4) is 17.6 Å². The zero-order valence-corrected chi connectivity index (χ0v) is 17.4. The van der Waals surface area contributed by atoms with Crippen LogP contribution in [0.5, 0.6) is 11.5 Å². The second-order valence-electron chi connectivity index (χ2n) is 7.91. The molecule has 0 bridgehead atoms. The van der Waals surface area contributed by atoms with Crippen LogP contribution in [0, 0.1) is 17.2 Å². The van der Waals surface area contributed by atoms with Gasteiger partial charge in [-0.2, -0.15) is 18.4 Å². The van der Waals surface area contributed by atoms with Crippen LogP contribution in [0.1, 0.15) is 34.3 Å². The van der Waals surface area contributed by atoms with E-state index in [0.29, 0.717) is 42.9 Å². The Hall–Kier alpha value is -3.74. The number of halogens is 3. The van der Waals surface area contributed by atoms with E-state index in [2.05, 4.69) is 5.32 Å². The quantitative estimate of drug-likeness (QED) is 0.750. The lowest BCUT2D eigenvalue weighted by atomic mass is 9.97. The second kappa shape index (κ2) is 9.02. The van der Waals surface area contributed by atoms with Crippen LogP contribution < -0.4 is 14.8 Å². The molecule has 33 heavy (non-hydrogen) atoms. The maximum Gasteiger partial charge on any atom is 0.416 e. The predicted octanol–water partition coefficient (Wildman–Crippen LogP) is 3.84. The lowest BCUT2D eigenvalue weighted by Gasteiger charge is -2.32. The number of likely N-dealkylation sites (tertiary alicyclic amines) is 1. The number of nitriles is 1. The summed E-state index contributed by atoms with van der Waals surface area (Å²) in [6, 6.07) is 9.49. The molecule has 7 nitrogen and oxygen atoms in total. The standard InChI is InChI=1S/C23H20F3N3O4/c24-23(25,26)17-2-4-19(16(9-17)11-27)32-12-14-5-7-29(8-6-14)22(31)15-1-3-20-18(10-15)28-21(30)13-33-20/h1-4,9-10,14H,5-8,12-13H2,(H,28,30). The highest BCUT2D eigenvalue weighted by Gasteiger charge is 2.31. The van der Waals surface area contributed by atoms with E-state index in [9.17, 15) is 22.8 Å². The number of ether oxygens (including phenoxy) is 2. The molecule has 4 rings (SSSR count). The van der Waals surface area contributed by atoms with Gasteiger partial charge in [0.15, 0.2) is 6.61 Å². The van der Waals surface area contributed by atoms with Gasteiger partial charge in [0.1, 0.15) is 17.6 Å². The number of carbonyl (C=O) groups is 2. The third-order valence-electron chi connectivity index (χ3n) is 5.66. The fraction of sp³-hybridized carbons (Fsp3) is 0.348. The highest BCUT2D eigenvalue weighted by Crippen LogP contribution is 2.33. The number of carbonyl (C=O) groups excluding carboxylic acids is 2. The van der Waals surface area contributed by atoms with Crippen LogP contribution >= 0.6 is 0 Å². The number of benzene rings is 2. The minimum atomic E-state index is -4.53. The monoisotopic (exact) mass is 459 g/mol. The minimum Gasteiger partial charge on any atom is -0.492 e. The number of nitrogens with one attached hydrogen (secondary N) is 1. The van der Waals surface area contributed by atoms with Gasteiger partial charge in [-0.1, -0.05) is 0 Å². The van der Waals surface area contributed by atoms with Crippen molar-refractivity contribution >= 4 is 17.5 Å². The number of rotatable bonds is 4. The number of hydrogen-bond acceptors (Lipinski definition) is 5. The molecule has 2 aromatic carbocycles. The first-order valence-corrected chi connectivity index (χ1v) is 10.3. The first-order chi connectivity index (χ1) is 15.7. The molecule has 1 N–H and O–H groups in total. The van der Waals surface area contributed by atoms with Gasteiger partial charge in [-0.05, 0) is 55.2 Å². The molecule has 2 amide bonds. The Kier molecular flexibility index (Phi) is 6.14. The average Bonchev–Trinajstić information content (AvgIpc) is 2.81. The summed E-state index contributed by atoms with van der Waals surface area (Å²) in [6.07, 6.45) is -3.22. The number of hydrogen-bond donors (Lipinski definition) is 1. The van der Waals surface area contributed by atoms with E-state index in [1.807, 2.05) is 0 Å². The van der Waals surface area contributed by atoms with Crippen molar-refractivity contribution in [2.75, 3.05) is 31.6 Å². The van der Waals surface area contributed by atoms with Gasteiger partial charge in [-0.15, -0.1) is 0 Å². The fourth-order valence-corrected chi connectivity index (χ4v) is 3.83. The summed E-state index contributed by atoms with van der Waals surface area (Å²) in [7, 11) is 0. The molecular formula is C23H20F3N3O4. The highest BCUT2D eigenvalue weighted by atomic mass is 19.4. The summed E-state index contributed by atoms with van der Waals surface area (Å²) in [5.41, 5.74) is -0.157. The van der Waals surface area contributed by atoms with Gasteiger partial charge in [0, 0.05) is 18.7 Å². The topological polar surface area (TPSA) is 91.7 Å². The Morgan fingerprint density at radius 3 is 2.67 bits per heavy atom. The average molecular weight is 459 g/mol. The van der Waals surface area contributed by atoms with Crippen molar-refractivity contribution in [2.24, 2.45) is 5.92 Å². The normalized spacial score (nSPS) is 16.3. The third-order valence-corrected chi connectivity index (χ3v) is 5.66. The van der Waals surface area contributed by atoms with E-state index in [0.717, 1.165) is 12.1 Å². The molecule has 172 valence electrons. The van der Waals surface area contributed by atoms with Crippen LogP contribution in [-0.2, 0) is 11.0 Å². The van der Waals surface area contributed by atoms with E-state index < -0.39 is 11.7 Å². The van der Waals surface area contributed by atoms with E-state index in [-0.39, 0.29) is 42.3 Å². The summed E-state index contributed by atoms with van der Waals surface area (Å²) in [6.45, 7) is 1.17. The summed E-state index contributed by atoms with van der Waals surface area (Å²) >= 11 is 0. The van der Waals surface area contributed by atoms with E-state index in [1.165, 1.54) is 6.07 Å². The highest BCUT2D eigenvalue weighted by molar-refractivity contribution is 5.99. The van der Waals surface area contributed by atoms with Crippen LogP contribution in [0.15, 0.2) is 36.4 Å². The summed E-state index contributed by atoms with van der Waals surface area (Å²) in [5, 5.41) is 11.8. The lowest BCUT2D eigenvalue weighted by molar-refractivity contribution is -0.137. The van der Waals surface area contributed by atoms with Gasteiger partial charge in [-0.25, -0.2) is 0 Å². The molecule has 2 aliphatic rings. The van der Waals surface area contributed by atoms with E-state index in [1.54, 1.807) is 29.2 Å². The van der Waals surface area contributed by atoms with Crippen molar-refractivity contribution < 1.29 is 32.2 Å². The van der Waals surface area contributed by atoms with Gasteiger partial charge in [0.25, 0.3) is 11.8 Å². The Bertz CT molecular complexity index is 1120. The van der Waals surface area contributed by atoms with Gasteiger partial charge >= 0.3 is 6.18 Å². The zero-order chi connectivity index (χ0) is 23.6. The number of anilines is 1. The summed E-state index contributed by atoms with van der Waals surface area (Å²) in [5.74, 6) is 0.287. The Morgan fingerprint density at radius 2 is 1.97 bits per heavy atom. The molecule has 0 radical (unpaired) electrons. The van der Waals surface area contributed by atoms with Crippen molar-refractivity contribution in [1.29, 1.82) is 5.26 Å². The van der Waals surface area contributed by atoms with Crippen LogP contribution in [0.4, 0.5) is 18.9 Å². The van der Waals surface area contributed by atoms with Crippen molar-refractivity contribution in [3.05, 3.63) is 53.1 Å². The largest absolute Gasteiger partial charge is 0.492 e. The number of amides is 2. The lowest BCUT2D eigenvalue weighted by Crippen LogP contribution is -2.39. The minimum absolute atomic E-state index is 0.0573. The van der Waals surface area contributed by atoms with Gasteiger partial charge in [0.05, 0.1) is 23.4 Å². The SMILES string of the molecule is N#Cc1cc(C(F)(F)F)ccc1OCC1CCN(C(=O)c2ccc3c(c2)NC(=O)CO3)CC1.